The average Bonchev–Trinajstić information content (AvgIpc) is 3.04. The summed E-state index contributed by atoms with van der Waals surface area (Å²) in [5.41, 5.74) is 2.00. The molecular formula is C20H16ClN5O3S. The zero-order chi connectivity index (χ0) is 20.8. The summed E-state index contributed by atoms with van der Waals surface area (Å²) < 4.78 is 11.6. The third-order valence-corrected chi connectivity index (χ3v) is 5.45. The number of carbonyl (C=O) groups is 1. The quantitative estimate of drug-likeness (QED) is 0.272. The number of hydrogen-bond donors (Lipinski definition) is 2. The monoisotopic (exact) mass is 441 g/mol. The van der Waals surface area contributed by atoms with Crippen molar-refractivity contribution >= 4 is 56.8 Å². The third kappa shape index (κ3) is 3.29. The molecule has 0 radical (unpaired) electrons. The molecule has 3 aromatic heterocycles. The van der Waals surface area contributed by atoms with Gasteiger partial charge in [-0.25, -0.2) is 9.97 Å². The molecule has 2 N–H and O–H groups in total. The number of benzene rings is 1. The smallest absolute Gasteiger partial charge is 0.289 e. The van der Waals surface area contributed by atoms with E-state index in [4.69, 9.17) is 20.8 Å². The van der Waals surface area contributed by atoms with E-state index in [2.05, 4.69) is 25.6 Å². The minimum Gasteiger partial charge on any atom is -0.449 e. The number of fused-ring (bicyclic) bond motifs is 5. The highest BCUT2D eigenvalue weighted by atomic mass is 35.5. The molecule has 152 valence electrons. The normalized spacial score (nSPS) is 16.1. The van der Waals surface area contributed by atoms with Crippen molar-refractivity contribution in [3.8, 4) is 11.8 Å². The molecule has 4 heterocycles. The standard InChI is InChI=1S/C20H16ClN5O3S/c1-9-8-22-17-16-10-3-6-14(29-15-7-13(21)25-20(26-15)30-2)24-11(10)4-5-12(16)28-18(17)19(27)23-9/h3-7,9,22H,8H2,1-2H3,(H,23,27)/t9-/m1/s1. The van der Waals surface area contributed by atoms with E-state index >= 15 is 0 Å². The zero-order valence-electron chi connectivity index (χ0n) is 16.0. The maximum atomic E-state index is 12.5. The van der Waals surface area contributed by atoms with Gasteiger partial charge in [0.15, 0.2) is 5.16 Å². The summed E-state index contributed by atoms with van der Waals surface area (Å²) in [5.74, 6) is 0.738. The van der Waals surface area contributed by atoms with Crippen LogP contribution in [0.3, 0.4) is 0 Å². The molecule has 0 fully saturated rings. The maximum absolute atomic E-state index is 12.5. The van der Waals surface area contributed by atoms with Crippen LogP contribution in [0.5, 0.6) is 11.8 Å². The van der Waals surface area contributed by atoms with Crippen molar-refractivity contribution in [2.45, 2.75) is 18.1 Å². The first kappa shape index (κ1) is 19.0. The summed E-state index contributed by atoms with van der Waals surface area (Å²) in [4.78, 5) is 25.4. The molecule has 0 saturated heterocycles. The number of nitrogens with zero attached hydrogens (tertiary/aromatic N) is 3. The van der Waals surface area contributed by atoms with Gasteiger partial charge in [0.1, 0.15) is 10.7 Å². The van der Waals surface area contributed by atoms with Gasteiger partial charge >= 0.3 is 0 Å². The molecule has 0 spiro atoms. The van der Waals surface area contributed by atoms with E-state index < -0.39 is 0 Å². The Morgan fingerprint density at radius 3 is 2.90 bits per heavy atom. The Bertz CT molecular complexity index is 1310. The molecule has 1 aromatic carbocycles. The van der Waals surface area contributed by atoms with Crippen LogP contribution in [-0.2, 0) is 0 Å². The number of thioether (sulfide) groups is 1. The summed E-state index contributed by atoms with van der Waals surface area (Å²) >= 11 is 7.40. The first-order valence-corrected chi connectivity index (χ1v) is 10.8. The van der Waals surface area contributed by atoms with Crippen molar-refractivity contribution < 1.29 is 13.9 Å². The number of ether oxygens (including phenoxy) is 1. The maximum Gasteiger partial charge on any atom is 0.289 e. The van der Waals surface area contributed by atoms with Gasteiger partial charge in [0.05, 0.1) is 16.6 Å². The molecule has 0 saturated carbocycles. The van der Waals surface area contributed by atoms with Crippen molar-refractivity contribution in [3.05, 3.63) is 41.2 Å². The number of rotatable bonds is 3. The molecule has 5 rings (SSSR count). The van der Waals surface area contributed by atoms with Gasteiger partial charge < -0.3 is 19.8 Å². The van der Waals surface area contributed by atoms with Gasteiger partial charge in [0.2, 0.25) is 17.5 Å². The average molecular weight is 442 g/mol. The minimum atomic E-state index is -0.231. The second-order valence-corrected chi connectivity index (χ2v) is 7.99. The molecule has 4 aromatic rings. The molecule has 1 aliphatic rings. The molecule has 1 aliphatic heterocycles. The van der Waals surface area contributed by atoms with Gasteiger partial charge in [0.25, 0.3) is 5.91 Å². The van der Waals surface area contributed by atoms with Gasteiger partial charge in [-0.05, 0) is 31.4 Å². The fourth-order valence-electron chi connectivity index (χ4n) is 3.39. The Labute approximate surface area is 180 Å². The lowest BCUT2D eigenvalue weighted by molar-refractivity contribution is 0.0920. The second kappa shape index (κ2) is 7.33. The predicted molar refractivity (Wildman–Crippen MR) is 116 cm³/mol. The number of carbonyl (C=O) groups excluding carboxylic acids is 1. The number of anilines is 1. The van der Waals surface area contributed by atoms with Crippen LogP contribution < -0.4 is 15.4 Å². The number of pyridine rings is 1. The largest absolute Gasteiger partial charge is 0.449 e. The number of halogens is 1. The Balaban J connectivity index is 1.58. The van der Waals surface area contributed by atoms with E-state index in [0.717, 1.165) is 10.8 Å². The number of furan rings is 1. The van der Waals surface area contributed by atoms with Crippen molar-refractivity contribution in [3.63, 3.8) is 0 Å². The molecule has 8 nitrogen and oxygen atoms in total. The van der Waals surface area contributed by atoms with Crippen LogP contribution in [0.1, 0.15) is 17.5 Å². The molecule has 0 bridgehead atoms. The molecule has 0 unspecified atom stereocenters. The Hall–Kier alpha value is -3.04. The Morgan fingerprint density at radius 1 is 1.20 bits per heavy atom. The number of hydrogen-bond acceptors (Lipinski definition) is 8. The third-order valence-electron chi connectivity index (χ3n) is 4.71. The van der Waals surface area contributed by atoms with E-state index in [1.54, 1.807) is 12.1 Å². The Kier molecular flexibility index (Phi) is 4.63. The highest BCUT2D eigenvalue weighted by molar-refractivity contribution is 7.98. The lowest BCUT2D eigenvalue weighted by Gasteiger charge is -2.10. The molecule has 1 amide bonds. The Morgan fingerprint density at radius 2 is 2.07 bits per heavy atom. The van der Waals surface area contributed by atoms with Crippen LogP contribution >= 0.6 is 23.4 Å². The van der Waals surface area contributed by atoms with E-state index in [1.807, 2.05) is 25.3 Å². The van der Waals surface area contributed by atoms with Gasteiger partial charge in [-0.15, -0.1) is 0 Å². The second-order valence-electron chi connectivity index (χ2n) is 6.83. The van der Waals surface area contributed by atoms with Crippen LogP contribution in [0.15, 0.2) is 39.9 Å². The highest BCUT2D eigenvalue weighted by Crippen LogP contribution is 2.37. The van der Waals surface area contributed by atoms with Gasteiger partial charge in [-0.3, -0.25) is 4.79 Å². The summed E-state index contributed by atoms with van der Waals surface area (Å²) in [5, 5.41) is 8.71. The predicted octanol–water partition coefficient (Wildman–Crippen LogP) is 4.48. The lowest BCUT2D eigenvalue weighted by Crippen LogP contribution is -2.34. The number of nitrogens with one attached hydrogen (secondary N) is 2. The van der Waals surface area contributed by atoms with Gasteiger partial charge in [-0.1, -0.05) is 23.4 Å². The fraction of sp³-hybridized carbons (Fsp3) is 0.200. The van der Waals surface area contributed by atoms with Crippen molar-refractivity contribution in [2.24, 2.45) is 0 Å². The molecule has 30 heavy (non-hydrogen) atoms. The summed E-state index contributed by atoms with van der Waals surface area (Å²) in [6.45, 7) is 2.54. The fourth-order valence-corrected chi connectivity index (χ4v) is 3.99. The molecular weight excluding hydrogens is 426 g/mol. The molecule has 1 atom stereocenters. The molecule has 0 aliphatic carbocycles. The van der Waals surface area contributed by atoms with E-state index in [0.29, 0.717) is 45.4 Å². The van der Waals surface area contributed by atoms with Crippen LogP contribution in [0.2, 0.25) is 5.15 Å². The number of amides is 1. The summed E-state index contributed by atoms with van der Waals surface area (Å²) in [6.07, 6.45) is 1.86. The van der Waals surface area contributed by atoms with Crippen LogP contribution in [0, 0.1) is 0 Å². The zero-order valence-corrected chi connectivity index (χ0v) is 17.6. The van der Waals surface area contributed by atoms with Crippen molar-refractivity contribution in [1.82, 2.24) is 20.3 Å². The SMILES string of the molecule is CSc1nc(Cl)cc(Oc2ccc3c(ccc4oc5c(c43)NC[C@@H](C)NC5=O)n2)n1. The van der Waals surface area contributed by atoms with Crippen molar-refractivity contribution in [2.75, 3.05) is 18.1 Å². The van der Waals surface area contributed by atoms with E-state index in [1.165, 1.54) is 17.8 Å². The van der Waals surface area contributed by atoms with Crippen LogP contribution in [0.25, 0.3) is 21.9 Å². The first-order chi connectivity index (χ1) is 14.5. The number of aromatic nitrogens is 3. The van der Waals surface area contributed by atoms with Crippen LogP contribution in [0.4, 0.5) is 5.69 Å². The van der Waals surface area contributed by atoms with Crippen molar-refractivity contribution in [1.29, 1.82) is 0 Å². The summed E-state index contributed by atoms with van der Waals surface area (Å²) in [6, 6.07) is 8.80. The topological polar surface area (TPSA) is 102 Å². The van der Waals surface area contributed by atoms with Gasteiger partial charge in [-0.2, -0.15) is 4.98 Å². The van der Waals surface area contributed by atoms with E-state index in [-0.39, 0.29) is 17.7 Å². The first-order valence-electron chi connectivity index (χ1n) is 9.19. The minimum absolute atomic E-state index is 0.00545. The van der Waals surface area contributed by atoms with E-state index in [9.17, 15) is 4.79 Å². The van der Waals surface area contributed by atoms with Gasteiger partial charge in [0, 0.05) is 30.1 Å². The lowest BCUT2D eigenvalue weighted by atomic mass is 10.1. The van der Waals surface area contributed by atoms with Crippen LogP contribution in [-0.4, -0.2) is 39.7 Å². The molecule has 10 heteroatoms. The summed E-state index contributed by atoms with van der Waals surface area (Å²) in [7, 11) is 0. The highest BCUT2D eigenvalue weighted by Gasteiger charge is 2.26.